The van der Waals surface area contributed by atoms with Crippen LogP contribution in [-0.2, 0) is 0 Å². The van der Waals surface area contributed by atoms with Crippen molar-refractivity contribution in [3.63, 3.8) is 0 Å². The molecule has 0 aliphatic carbocycles. The van der Waals surface area contributed by atoms with Crippen LogP contribution >= 0.6 is 50.7 Å². The molecule has 39 heavy (non-hydrogen) atoms. The molecule has 4 aromatic carbocycles. The molecule has 2 N–H and O–H groups in total. The molecule has 0 unspecified atom stereocenters. The van der Waals surface area contributed by atoms with Gasteiger partial charge in [-0.3, -0.25) is 9.59 Å². The summed E-state index contributed by atoms with van der Waals surface area (Å²) in [5.41, 5.74) is 4.24. The molecule has 0 radical (unpaired) electrons. The summed E-state index contributed by atoms with van der Waals surface area (Å²) in [5, 5.41) is 7.85. The number of esters is 1. The van der Waals surface area contributed by atoms with E-state index in [0.29, 0.717) is 32.4 Å². The van der Waals surface area contributed by atoms with Gasteiger partial charge in [0, 0.05) is 31.3 Å². The number of carbonyl (C=O) groups is 3. The molecular formula is C28H17BrCl3N3O4. The first-order valence-electron chi connectivity index (χ1n) is 11.2. The van der Waals surface area contributed by atoms with Crippen molar-refractivity contribution in [1.82, 2.24) is 5.43 Å². The van der Waals surface area contributed by atoms with Gasteiger partial charge in [-0.1, -0.05) is 50.7 Å². The Morgan fingerprint density at radius 1 is 0.769 bits per heavy atom. The molecular weight excluding hydrogens is 629 g/mol. The van der Waals surface area contributed by atoms with Gasteiger partial charge in [-0.25, -0.2) is 10.2 Å². The van der Waals surface area contributed by atoms with Gasteiger partial charge in [0.1, 0.15) is 5.75 Å². The molecule has 4 aromatic rings. The second kappa shape index (κ2) is 12.9. The van der Waals surface area contributed by atoms with Gasteiger partial charge < -0.3 is 10.1 Å². The van der Waals surface area contributed by atoms with Crippen molar-refractivity contribution >= 4 is 80.4 Å². The molecule has 4 rings (SSSR count). The van der Waals surface area contributed by atoms with Crippen molar-refractivity contribution in [2.45, 2.75) is 0 Å². The van der Waals surface area contributed by atoms with E-state index in [1.54, 1.807) is 60.7 Å². The van der Waals surface area contributed by atoms with E-state index in [1.807, 2.05) is 0 Å². The second-order valence-electron chi connectivity index (χ2n) is 7.93. The van der Waals surface area contributed by atoms with E-state index in [-0.39, 0.29) is 16.3 Å². The van der Waals surface area contributed by atoms with Crippen LogP contribution in [0.2, 0.25) is 15.1 Å². The van der Waals surface area contributed by atoms with E-state index >= 15 is 0 Å². The number of hydrogen-bond acceptors (Lipinski definition) is 5. The molecule has 0 heterocycles. The molecule has 7 nitrogen and oxygen atoms in total. The lowest BCUT2D eigenvalue weighted by Gasteiger charge is -2.09. The van der Waals surface area contributed by atoms with E-state index in [0.717, 1.165) is 4.47 Å². The van der Waals surface area contributed by atoms with Gasteiger partial charge in [-0.2, -0.15) is 5.10 Å². The van der Waals surface area contributed by atoms with Crippen LogP contribution in [0.15, 0.2) is 94.5 Å². The van der Waals surface area contributed by atoms with Crippen LogP contribution in [-0.4, -0.2) is 24.0 Å². The number of rotatable bonds is 7. The zero-order chi connectivity index (χ0) is 27.9. The zero-order valence-corrected chi connectivity index (χ0v) is 23.6. The van der Waals surface area contributed by atoms with Crippen molar-refractivity contribution in [2.75, 3.05) is 5.32 Å². The zero-order valence-electron chi connectivity index (χ0n) is 19.8. The van der Waals surface area contributed by atoms with Crippen molar-refractivity contribution in [3.05, 3.63) is 127 Å². The number of nitrogens with zero attached hydrogens (tertiary/aromatic N) is 1. The Morgan fingerprint density at radius 3 is 2.13 bits per heavy atom. The second-order valence-corrected chi connectivity index (χ2v) is 10.1. The van der Waals surface area contributed by atoms with Crippen molar-refractivity contribution in [1.29, 1.82) is 0 Å². The maximum Gasteiger partial charge on any atom is 0.343 e. The number of carbonyl (C=O) groups excluding carboxylic acids is 3. The molecule has 2 amide bonds. The monoisotopic (exact) mass is 643 g/mol. The molecule has 0 aliphatic rings. The largest absolute Gasteiger partial charge is 0.422 e. The molecule has 0 fully saturated rings. The molecule has 0 bridgehead atoms. The molecule has 11 heteroatoms. The fourth-order valence-corrected chi connectivity index (χ4v) is 4.26. The lowest BCUT2D eigenvalue weighted by atomic mass is 10.1. The van der Waals surface area contributed by atoms with Crippen LogP contribution in [0.1, 0.15) is 36.6 Å². The molecule has 0 atom stereocenters. The average Bonchev–Trinajstić information content (AvgIpc) is 2.90. The highest BCUT2D eigenvalue weighted by molar-refractivity contribution is 9.10. The standard InChI is InChI=1S/C28H17BrCl3N3O4/c29-19-5-12-25(39-28(38)17-1-6-20(30)7-2-17)18(13-19)15-33-35-26(36)16-3-9-22(10-4-16)34-27(37)23-11-8-21(31)14-24(23)32/h1-15H,(H,34,37)(H,35,36)/b33-15-. The summed E-state index contributed by atoms with van der Waals surface area (Å²) in [6.45, 7) is 0. The lowest BCUT2D eigenvalue weighted by Crippen LogP contribution is -2.18. The highest BCUT2D eigenvalue weighted by atomic mass is 79.9. The number of amides is 2. The number of halogens is 4. The van der Waals surface area contributed by atoms with Gasteiger partial charge in [0.05, 0.1) is 22.4 Å². The smallest absolute Gasteiger partial charge is 0.343 e. The van der Waals surface area contributed by atoms with E-state index in [2.05, 4.69) is 31.8 Å². The number of ether oxygens (including phenoxy) is 1. The third kappa shape index (κ3) is 7.68. The minimum absolute atomic E-state index is 0.224. The van der Waals surface area contributed by atoms with Crippen LogP contribution < -0.4 is 15.5 Å². The summed E-state index contributed by atoms with van der Waals surface area (Å²) < 4.78 is 6.22. The third-order valence-corrected chi connectivity index (χ3v) is 6.50. The Morgan fingerprint density at radius 2 is 1.44 bits per heavy atom. The maximum atomic E-state index is 12.6. The SMILES string of the molecule is O=C(N/N=C\c1cc(Br)ccc1OC(=O)c1ccc(Cl)cc1)c1ccc(NC(=O)c2ccc(Cl)cc2Cl)cc1. The van der Waals surface area contributed by atoms with Crippen LogP contribution in [0.3, 0.4) is 0 Å². The normalized spacial score (nSPS) is 10.8. The van der Waals surface area contributed by atoms with Crippen molar-refractivity contribution in [3.8, 4) is 5.75 Å². The van der Waals surface area contributed by atoms with Gasteiger partial charge in [0.2, 0.25) is 0 Å². The van der Waals surface area contributed by atoms with Gasteiger partial charge in [-0.15, -0.1) is 0 Å². The summed E-state index contributed by atoms with van der Waals surface area (Å²) in [6, 6.07) is 22.1. The third-order valence-electron chi connectivity index (χ3n) is 5.20. The van der Waals surface area contributed by atoms with Crippen LogP contribution in [0.5, 0.6) is 5.75 Å². The van der Waals surface area contributed by atoms with Crippen LogP contribution in [0, 0.1) is 0 Å². The Kier molecular flexibility index (Phi) is 9.37. The van der Waals surface area contributed by atoms with Crippen molar-refractivity contribution < 1.29 is 19.1 Å². The van der Waals surface area contributed by atoms with Gasteiger partial charge in [0.15, 0.2) is 0 Å². The molecule has 196 valence electrons. The fraction of sp³-hybridized carbons (Fsp3) is 0. The molecule has 0 aliphatic heterocycles. The van der Waals surface area contributed by atoms with Gasteiger partial charge in [0.25, 0.3) is 11.8 Å². The van der Waals surface area contributed by atoms with Crippen molar-refractivity contribution in [2.24, 2.45) is 5.10 Å². The predicted octanol–water partition coefficient (Wildman–Crippen LogP) is 7.64. The first kappa shape index (κ1) is 28.3. The van der Waals surface area contributed by atoms with E-state index in [1.165, 1.54) is 30.5 Å². The minimum Gasteiger partial charge on any atom is -0.422 e. The average molecular weight is 646 g/mol. The Balaban J connectivity index is 1.39. The summed E-state index contributed by atoms with van der Waals surface area (Å²) in [5.74, 6) is -1.23. The number of anilines is 1. The Bertz CT molecular complexity index is 1580. The Labute approximate surface area is 246 Å². The highest BCUT2D eigenvalue weighted by Gasteiger charge is 2.13. The van der Waals surface area contributed by atoms with Gasteiger partial charge >= 0.3 is 5.97 Å². The first-order chi connectivity index (χ1) is 18.7. The fourth-order valence-electron chi connectivity index (χ4n) is 3.26. The Hall–Kier alpha value is -3.69. The molecule has 0 spiro atoms. The van der Waals surface area contributed by atoms with E-state index in [9.17, 15) is 14.4 Å². The number of nitrogens with one attached hydrogen (secondary N) is 2. The number of hydrazone groups is 1. The highest BCUT2D eigenvalue weighted by Crippen LogP contribution is 2.24. The molecule has 0 saturated heterocycles. The minimum atomic E-state index is -0.571. The first-order valence-corrected chi connectivity index (χ1v) is 13.1. The topological polar surface area (TPSA) is 96.9 Å². The number of benzene rings is 4. The van der Waals surface area contributed by atoms with Crippen LogP contribution in [0.4, 0.5) is 5.69 Å². The predicted molar refractivity (Wildman–Crippen MR) is 156 cm³/mol. The summed E-state index contributed by atoms with van der Waals surface area (Å²) in [6.07, 6.45) is 1.36. The van der Waals surface area contributed by atoms with E-state index in [4.69, 9.17) is 39.5 Å². The summed E-state index contributed by atoms with van der Waals surface area (Å²) in [7, 11) is 0. The summed E-state index contributed by atoms with van der Waals surface area (Å²) >= 11 is 21.2. The molecule has 0 saturated carbocycles. The van der Waals surface area contributed by atoms with E-state index < -0.39 is 17.8 Å². The van der Waals surface area contributed by atoms with Gasteiger partial charge in [-0.05, 0) is 84.9 Å². The lowest BCUT2D eigenvalue weighted by molar-refractivity contribution is 0.0734. The summed E-state index contributed by atoms with van der Waals surface area (Å²) in [4.78, 5) is 37.5. The molecule has 0 aromatic heterocycles. The van der Waals surface area contributed by atoms with Crippen LogP contribution in [0.25, 0.3) is 0 Å². The quantitative estimate of drug-likeness (QED) is 0.0934. The number of hydrogen-bond donors (Lipinski definition) is 2. The maximum absolute atomic E-state index is 12.6.